The first-order valence-electron chi connectivity index (χ1n) is 7.86. The lowest BCUT2D eigenvalue weighted by molar-refractivity contribution is 0.0531. The quantitative estimate of drug-likeness (QED) is 0.622. The van der Waals surface area contributed by atoms with E-state index in [4.69, 9.17) is 0 Å². The summed E-state index contributed by atoms with van der Waals surface area (Å²) in [5.74, 6) is 2.62. The van der Waals surface area contributed by atoms with Crippen LogP contribution in [-0.2, 0) is 0 Å². The Bertz CT molecular complexity index is 220. The third-order valence-electron chi connectivity index (χ3n) is 5.57. The fourth-order valence-corrected chi connectivity index (χ4v) is 4.18. The minimum absolute atomic E-state index is 0.372. The zero-order chi connectivity index (χ0) is 12.3. The first-order valence-corrected chi connectivity index (χ1v) is 7.86. The predicted octanol–water partition coefficient (Wildman–Crippen LogP) is 5.37. The highest BCUT2D eigenvalue weighted by Crippen LogP contribution is 2.43. The maximum Gasteiger partial charge on any atom is 0.103 e. The van der Waals surface area contributed by atoms with Crippen molar-refractivity contribution in [2.45, 2.75) is 77.8 Å². The monoisotopic (exact) mass is 240 g/mol. The molecule has 100 valence electrons. The van der Waals surface area contributed by atoms with E-state index < -0.39 is 6.17 Å². The van der Waals surface area contributed by atoms with Gasteiger partial charge in [0.1, 0.15) is 6.17 Å². The van der Waals surface area contributed by atoms with E-state index in [1.807, 2.05) is 0 Å². The van der Waals surface area contributed by atoms with Gasteiger partial charge in [0.2, 0.25) is 0 Å². The average molecular weight is 240 g/mol. The summed E-state index contributed by atoms with van der Waals surface area (Å²) >= 11 is 0. The van der Waals surface area contributed by atoms with Crippen molar-refractivity contribution >= 4 is 0 Å². The van der Waals surface area contributed by atoms with Gasteiger partial charge in [-0.1, -0.05) is 52.4 Å². The summed E-state index contributed by atoms with van der Waals surface area (Å²) in [6, 6.07) is 0. The van der Waals surface area contributed by atoms with Gasteiger partial charge in [0.05, 0.1) is 0 Å². The molecule has 2 saturated carbocycles. The summed E-state index contributed by atoms with van der Waals surface area (Å²) in [6.07, 6.45) is 10.8. The molecule has 0 amide bonds. The second kappa shape index (κ2) is 6.20. The summed E-state index contributed by atoms with van der Waals surface area (Å²) < 4.78 is 14.2. The molecule has 2 fully saturated rings. The van der Waals surface area contributed by atoms with Crippen LogP contribution in [0.2, 0.25) is 0 Å². The largest absolute Gasteiger partial charge is 0.247 e. The van der Waals surface area contributed by atoms with Crippen LogP contribution in [0.15, 0.2) is 0 Å². The molecule has 0 bridgehead atoms. The highest BCUT2D eigenvalue weighted by atomic mass is 19.1. The van der Waals surface area contributed by atoms with Gasteiger partial charge in [0.25, 0.3) is 0 Å². The van der Waals surface area contributed by atoms with Crippen molar-refractivity contribution in [1.29, 1.82) is 0 Å². The van der Waals surface area contributed by atoms with Crippen LogP contribution in [-0.4, -0.2) is 6.17 Å². The van der Waals surface area contributed by atoms with Crippen LogP contribution in [0.1, 0.15) is 71.6 Å². The predicted molar refractivity (Wildman–Crippen MR) is 71.8 cm³/mol. The lowest BCUT2D eigenvalue weighted by Crippen LogP contribution is -2.34. The Balaban J connectivity index is 1.93. The molecule has 4 unspecified atom stereocenters. The number of alkyl halides is 1. The fraction of sp³-hybridized carbons (Fsp3) is 1.00. The van der Waals surface area contributed by atoms with Gasteiger partial charge in [0.15, 0.2) is 0 Å². The van der Waals surface area contributed by atoms with Gasteiger partial charge in [-0.3, -0.25) is 0 Å². The van der Waals surface area contributed by atoms with Gasteiger partial charge in [-0.15, -0.1) is 0 Å². The van der Waals surface area contributed by atoms with Crippen molar-refractivity contribution in [2.24, 2.45) is 23.7 Å². The van der Waals surface area contributed by atoms with E-state index >= 15 is 0 Å². The normalized spacial score (nSPS) is 37.9. The summed E-state index contributed by atoms with van der Waals surface area (Å²) in [4.78, 5) is 0. The average Bonchev–Trinajstić information content (AvgIpc) is 2.39. The Hall–Kier alpha value is -0.0700. The van der Waals surface area contributed by atoms with Crippen LogP contribution >= 0.6 is 0 Å². The van der Waals surface area contributed by atoms with Gasteiger partial charge in [0, 0.05) is 0 Å². The Morgan fingerprint density at radius 1 is 1.06 bits per heavy atom. The first kappa shape index (κ1) is 13.4. The number of hydrogen-bond donors (Lipinski definition) is 0. The maximum absolute atomic E-state index is 14.2. The highest BCUT2D eigenvalue weighted by molar-refractivity contribution is 4.86. The third-order valence-corrected chi connectivity index (χ3v) is 5.57. The summed E-state index contributed by atoms with van der Waals surface area (Å²) in [5.41, 5.74) is 0. The second-order valence-electron chi connectivity index (χ2n) is 6.52. The molecule has 0 saturated heterocycles. The molecular weight excluding hydrogens is 211 g/mol. The molecule has 0 aliphatic heterocycles. The zero-order valence-corrected chi connectivity index (χ0v) is 11.6. The molecule has 2 aliphatic rings. The molecule has 0 aromatic rings. The van der Waals surface area contributed by atoms with Gasteiger partial charge in [-0.2, -0.15) is 0 Å². The van der Waals surface area contributed by atoms with Crippen LogP contribution in [0.4, 0.5) is 4.39 Å². The molecule has 0 aromatic heterocycles. The Labute approximate surface area is 106 Å². The van der Waals surface area contributed by atoms with E-state index in [1.165, 1.54) is 38.5 Å². The SMILES string of the molecule is CCC1CCC(F)C(C(C)C2CCCCC2)C1. The molecule has 0 N–H and O–H groups in total. The standard InChI is InChI=1S/C16H29F/c1-3-13-9-10-16(17)15(11-13)12(2)14-7-5-4-6-8-14/h12-16H,3-11H2,1-2H3. The molecule has 2 aliphatic carbocycles. The summed E-state index contributed by atoms with van der Waals surface area (Å²) in [5, 5.41) is 0. The van der Waals surface area contributed by atoms with Crippen molar-refractivity contribution in [1.82, 2.24) is 0 Å². The molecular formula is C16H29F. The van der Waals surface area contributed by atoms with Gasteiger partial charge in [-0.05, 0) is 42.9 Å². The Kier molecular flexibility index (Phi) is 4.87. The van der Waals surface area contributed by atoms with E-state index in [0.717, 1.165) is 31.1 Å². The first-order chi connectivity index (χ1) is 8.22. The van der Waals surface area contributed by atoms with E-state index in [1.54, 1.807) is 0 Å². The van der Waals surface area contributed by atoms with Crippen molar-refractivity contribution in [3.05, 3.63) is 0 Å². The summed E-state index contributed by atoms with van der Waals surface area (Å²) in [7, 11) is 0. The lowest BCUT2D eigenvalue weighted by Gasteiger charge is -2.40. The van der Waals surface area contributed by atoms with Crippen molar-refractivity contribution in [3.8, 4) is 0 Å². The van der Waals surface area contributed by atoms with Crippen LogP contribution in [0.25, 0.3) is 0 Å². The molecule has 4 atom stereocenters. The molecule has 17 heavy (non-hydrogen) atoms. The molecule has 0 radical (unpaired) electrons. The van der Waals surface area contributed by atoms with Gasteiger partial charge >= 0.3 is 0 Å². The molecule has 0 spiro atoms. The smallest absolute Gasteiger partial charge is 0.103 e. The fourth-order valence-electron chi connectivity index (χ4n) is 4.18. The van der Waals surface area contributed by atoms with E-state index in [9.17, 15) is 4.39 Å². The van der Waals surface area contributed by atoms with Crippen molar-refractivity contribution in [3.63, 3.8) is 0 Å². The summed E-state index contributed by atoms with van der Waals surface area (Å²) in [6.45, 7) is 4.61. The van der Waals surface area contributed by atoms with E-state index in [2.05, 4.69) is 13.8 Å². The van der Waals surface area contributed by atoms with Crippen LogP contribution in [0.5, 0.6) is 0 Å². The van der Waals surface area contributed by atoms with Gasteiger partial charge in [-0.25, -0.2) is 4.39 Å². The topological polar surface area (TPSA) is 0 Å². The second-order valence-corrected chi connectivity index (χ2v) is 6.52. The molecule has 0 nitrogen and oxygen atoms in total. The lowest BCUT2D eigenvalue weighted by atomic mass is 9.67. The Morgan fingerprint density at radius 3 is 2.41 bits per heavy atom. The third kappa shape index (κ3) is 3.23. The van der Waals surface area contributed by atoms with Crippen molar-refractivity contribution < 1.29 is 4.39 Å². The van der Waals surface area contributed by atoms with E-state index in [0.29, 0.717) is 11.8 Å². The minimum Gasteiger partial charge on any atom is -0.247 e. The zero-order valence-electron chi connectivity index (χ0n) is 11.6. The number of rotatable bonds is 3. The maximum atomic E-state index is 14.2. The highest BCUT2D eigenvalue weighted by Gasteiger charge is 2.36. The Morgan fingerprint density at radius 2 is 1.76 bits per heavy atom. The molecule has 0 aromatic carbocycles. The minimum atomic E-state index is -0.505. The van der Waals surface area contributed by atoms with Gasteiger partial charge < -0.3 is 0 Å². The molecule has 1 heteroatoms. The van der Waals surface area contributed by atoms with Crippen LogP contribution in [0, 0.1) is 23.7 Å². The molecule has 2 rings (SSSR count). The molecule has 0 heterocycles. The van der Waals surface area contributed by atoms with E-state index in [-0.39, 0.29) is 0 Å². The van der Waals surface area contributed by atoms with Crippen LogP contribution in [0.3, 0.4) is 0 Å². The number of hydrogen-bond acceptors (Lipinski definition) is 0. The van der Waals surface area contributed by atoms with Crippen LogP contribution < -0.4 is 0 Å². The number of halogens is 1. The van der Waals surface area contributed by atoms with Crippen molar-refractivity contribution in [2.75, 3.05) is 0 Å².